The predicted octanol–water partition coefficient (Wildman–Crippen LogP) is 2.43. The first kappa shape index (κ1) is 13.2. The maximum Gasteiger partial charge on any atom is 0.229 e. The highest BCUT2D eigenvalue weighted by Gasteiger charge is 2.10. The summed E-state index contributed by atoms with van der Waals surface area (Å²) in [5, 5.41) is 0. The van der Waals surface area contributed by atoms with Crippen LogP contribution < -0.4 is 15.2 Å². The molecule has 0 heterocycles. The first-order valence-corrected chi connectivity index (χ1v) is 7.43. The molecular weight excluding hydrogens is 264 g/mol. The number of nitrogen functional groups attached to an aromatic ring is 1. The Labute approximate surface area is 112 Å². The lowest BCUT2D eigenvalue weighted by molar-refractivity contribution is 0.485. The molecule has 0 amide bonds. The molecule has 0 aliphatic carbocycles. The van der Waals surface area contributed by atoms with Gasteiger partial charge in [0.25, 0.3) is 0 Å². The number of nitrogens with two attached hydrogens (primary N) is 1. The molecule has 0 aliphatic rings. The molecule has 2 aromatic rings. The Kier molecular flexibility index (Phi) is 3.62. The zero-order chi connectivity index (χ0) is 13.9. The van der Waals surface area contributed by atoms with Gasteiger partial charge in [-0.15, -0.1) is 0 Å². The van der Waals surface area contributed by atoms with Gasteiger partial charge in [-0.3, -0.25) is 4.72 Å². The van der Waals surface area contributed by atoms with Crippen molar-refractivity contribution in [1.82, 2.24) is 0 Å². The Morgan fingerprint density at radius 3 is 2.42 bits per heavy atom. The van der Waals surface area contributed by atoms with Gasteiger partial charge in [0.1, 0.15) is 5.75 Å². The minimum atomic E-state index is -3.38. The smallest absolute Gasteiger partial charge is 0.229 e. The highest BCUT2D eigenvalue weighted by Crippen LogP contribution is 2.31. The molecule has 3 N–H and O–H groups in total. The summed E-state index contributed by atoms with van der Waals surface area (Å²) >= 11 is 0. The molecule has 19 heavy (non-hydrogen) atoms. The summed E-state index contributed by atoms with van der Waals surface area (Å²) in [6.45, 7) is 0. The zero-order valence-corrected chi connectivity index (χ0v) is 11.1. The van der Waals surface area contributed by atoms with E-state index in [1.807, 2.05) is 18.2 Å². The van der Waals surface area contributed by atoms with Crippen LogP contribution in [-0.4, -0.2) is 14.7 Å². The summed E-state index contributed by atoms with van der Waals surface area (Å²) in [7, 11) is -3.38. The number of ether oxygens (including phenoxy) is 1. The van der Waals surface area contributed by atoms with Crippen LogP contribution in [0.5, 0.6) is 11.5 Å². The third-order valence-electron chi connectivity index (χ3n) is 2.27. The molecule has 2 rings (SSSR count). The van der Waals surface area contributed by atoms with E-state index in [4.69, 9.17) is 10.5 Å². The van der Waals surface area contributed by atoms with Crippen molar-refractivity contribution in [2.24, 2.45) is 0 Å². The number of para-hydroxylation sites is 1. The second kappa shape index (κ2) is 5.19. The second-order valence-electron chi connectivity index (χ2n) is 4.04. The Bertz CT molecular complexity index is 670. The quantitative estimate of drug-likeness (QED) is 0.842. The number of hydrogen-bond acceptors (Lipinski definition) is 4. The van der Waals surface area contributed by atoms with Gasteiger partial charge in [0.15, 0.2) is 5.75 Å². The summed E-state index contributed by atoms with van der Waals surface area (Å²) in [5.74, 6) is 0.960. The summed E-state index contributed by atoms with van der Waals surface area (Å²) in [6, 6.07) is 13.8. The average molecular weight is 278 g/mol. The number of benzene rings is 2. The molecule has 100 valence electrons. The molecule has 6 heteroatoms. The molecule has 0 aromatic heterocycles. The molecule has 0 aliphatic heterocycles. The van der Waals surface area contributed by atoms with Crippen LogP contribution in [0.2, 0.25) is 0 Å². The van der Waals surface area contributed by atoms with Crippen molar-refractivity contribution in [3.63, 3.8) is 0 Å². The predicted molar refractivity (Wildman–Crippen MR) is 75.8 cm³/mol. The van der Waals surface area contributed by atoms with Crippen LogP contribution >= 0.6 is 0 Å². The van der Waals surface area contributed by atoms with Crippen molar-refractivity contribution in [1.29, 1.82) is 0 Å². The maximum atomic E-state index is 11.3. The number of anilines is 2. The standard InChI is InChI=1S/C13H14N2O3S/c1-19(16,17)15-12-8-7-10(14)9-13(12)18-11-5-3-2-4-6-11/h2-9,15H,14H2,1H3. The summed E-state index contributed by atoms with van der Waals surface area (Å²) in [6.07, 6.45) is 1.08. The maximum absolute atomic E-state index is 11.3. The Morgan fingerprint density at radius 1 is 1.11 bits per heavy atom. The Balaban J connectivity index is 2.35. The van der Waals surface area contributed by atoms with Gasteiger partial charge in [-0.2, -0.15) is 0 Å². The van der Waals surface area contributed by atoms with Gasteiger partial charge >= 0.3 is 0 Å². The third kappa shape index (κ3) is 3.89. The molecule has 0 unspecified atom stereocenters. The SMILES string of the molecule is CS(=O)(=O)Nc1ccc(N)cc1Oc1ccccc1. The van der Waals surface area contributed by atoms with Crippen LogP contribution in [0.15, 0.2) is 48.5 Å². The number of sulfonamides is 1. The van der Waals surface area contributed by atoms with Gasteiger partial charge in [-0.05, 0) is 24.3 Å². The van der Waals surface area contributed by atoms with Crippen molar-refractivity contribution in [2.45, 2.75) is 0 Å². The highest BCUT2D eigenvalue weighted by molar-refractivity contribution is 7.92. The van der Waals surface area contributed by atoms with Crippen LogP contribution in [0, 0.1) is 0 Å². The topological polar surface area (TPSA) is 81.4 Å². The van der Waals surface area contributed by atoms with Crippen LogP contribution in [0.1, 0.15) is 0 Å². The molecule has 0 radical (unpaired) electrons. The molecular formula is C13H14N2O3S. The number of hydrogen-bond donors (Lipinski definition) is 2. The molecule has 0 bridgehead atoms. The fourth-order valence-corrected chi connectivity index (χ4v) is 2.09. The van der Waals surface area contributed by atoms with Crippen molar-refractivity contribution in [3.05, 3.63) is 48.5 Å². The number of nitrogens with one attached hydrogen (secondary N) is 1. The minimum absolute atomic E-state index is 0.348. The van der Waals surface area contributed by atoms with E-state index in [1.165, 1.54) is 0 Å². The first-order chi connectivity index (χ1) is 8.94. The van der Waals surface area contributed by atoms with E-state index in [2.05, 4.69) is 4.72 Å². The fourth-order valence-electron chi connectivity index (χ4n) is 1.52. The minimum Gasteiger partial charge on any atom is -0.455 e. The zero-order valence-electron chi connectivity index (χ0n) is 10.3. The molecule has 0 saturated carbocycles. The summed E-state index contributed by atoms with van der Waals surface area (Å²) in [5.41, 5.74) is 6.53. The molecule has 0 spiro atoms. The van der Waals surface area contributed by atoms with Crippen LogP contribution in [-0.2, 0) is 10.0 Å². The van der Waals surface area contributed by atoms with Crippen LogP contribution in [0.4, 0.5) is 11.4 Å². The van der Waals surface area contributed by atoms with Gasteiger partial charge in [0, 0.05) is 11.8 Å². The lowest BCUT2D eigenvalue weighted by Crippen LogP contribution is -2.10. The van der Waals surface area contributed by atoms with Crippen LogP contribution in [0.3, 0.4) is 0 Å². The summed E-state index contributed by atoms with van der Waals surface area (Å²) in [4.78, 5) is 0. The number of rotatable bonds is 4. The van der Waals surface area contributed by atoms with E-state index in [0.29, 0.717) is 22.9 Å². The average Bonchev–Trinajstić information content (AvgIpc) is 2.32. The van der Waals surface area contributed by atoms with E-state index in [1.54, 1.807) is 30.3 Å². The normalized spacial score (nSPS) is 11.0. The van der Waals surface area contributed by atoms with Crippen molar-refractivity contribution in [3.8, 4) is 11.5 Å². The van der Waals surface area contributed by atoms with Gasteiger partial charge in [-0.1, -0.05) is 18.2 Å². The lowest BCUT2D eigenvalue weighted by atomic mass is 10.2. The van der Waals surface area contributed by atoms with Gasteiger partial charge in [-0.25, -0.2) is 8.42 Å². The van der Waals surface area contributed by atoms with E-state index < -0.39 is 10.0 Å². The molecule has 0 saturated heterocycles. The Morgan fingerprint density at radius 2 is 1.79 bits per heavy atom. The Hall–Kier alpha value is -2.21. The monoisotopic (exact) mass is 278 g/mol. The fraction of sp³-hybridized carbons (Fsp3) is 0.0769. The molecule has 5 nitrogen and oxygen atoms in total. The van der Waals surface area contributed by atoms with Gasteiger partial charge in [0.05, 0.1) is 11.9 Å². The second-order valence-corrected chi connectivity index (χ2v) is 5.79. The van der Waals surface area contributed by atoms with Crippen molar-refractivity contribution in [2.75, 3.05) is 16.7 Å². The molecule has 0 fully saturated rings. The summed E-state index contributed by atoms with van der Waals surface area (Å²) < 4.78 is 30.6. The van der Waals surface area contributed by atoms with E-state index in [9.17, 15) is 8.42 Å². The van der Waals surface area contributed by atoms with E-state index in [0.717, 1.165) is 6.26 Å². The molecule has 0 atom stereocenters. The lowest BCUT2D eigenvalue weighted by Gasteiger charge is -2.12. The van der Waals surface area contributed by atoms with Crippen LogP contribution in [0.25, 0.3) is 0 Å². The molecule has 2 aromatic carbocycles. The highest BCUT2D eigenvalue weighted by atomic mass is 32.2. The third-order valence-corrected chi connectivity index (χ3v) is 2.86. The first-order valence-electron chi connectivity index (χ1n) is 5.54. The van der Waals surface area contributed by atoms with Gasteiger partial charge < -0.3 is 10.5 Å². The van der Waals surface area contributed by atoms with Crippen molar-refractivity contribution >= 4 is 21.4 Å². The van der Waals surface area contributed by atoms with E-state index in [-0.39, 0.29) is 0 Å². The van der Waals surface area contributed by atoms with Crippen molar-refractivity contribution < 1.29 is 13.2 Å². The van der Waals surface area contributed by atoms with E-state index >= 15 is 0 Å². The largest absolute Gasteiger partial charge is 0.455 e. The van der Waals surface area contributed by atoms with Gasteiger partial charge in [0.2, 0.25) is 10.0 Å².